The number of rotatable bonds is 4. The van der Waals surface area contributed by atoms with Crippen LogP contribution in [0.1, 0.15) is 11.9 Å². The van der Waals surface area contributed by atoms with Crippen LogP contribution < -0.4 is 5.32 Å². The number of hydrogen-bond donors (Lipinski definition) is 1. The van der Waals surface area contributed by atoms with Crippen molar-refractivity contribution in [2.24, 2.45) is 0 Å². The van der Waals surface area contributed by atoms with Crippen molar-refractivity contribution in [3.63, 3.8) is 0 Å². The van der Waals surface area contributed by atoms with E-state index in [2.05, 4.69) is 15.5 Å². The second-order valence-electron chi connectivity index (χ2n) is 3.73. The van der Waals surface area contributed by atoms with Gasteiger partial charge < -0.3 is 5.32 Å². The van der Waals surface area contributed by atoms with Crippen molar-refractivity contribution in [2.45, 2.75) is 13.5 Å². The molecule has 3 nitrogen and oxygen atoms in total. The minimum atomic E-state index is -2.19. The molecule has 0 spiro atoms. The van der Waals surface area contributed by atoms with Gasteiger partial charge in [0.15, 0.2) is 28.3 Å². The average Bonchev–Trinajstić information content (AvgIpc) is 2.89. The summed E-state index contributed by atoms with van der Waals surface area (Å²) in [5.74, 6) is -10.0. The van der Waals surface area contributed by atoms with Gasteiger partial charge in [-0.2, -0.15) is 0 Å². The fourth-order valence-corrected chi connectivity index (χ4v) is 2.29. The van der Waals surface area contributed by atoms with E-state index in [0.29, 0.717) is 18.1 Å². The molecule has 0 aliphatic heterocycles. The van der Waals surface area contributed by atoms with E-state index in [4.69, 9.17) is 0 Å². The van der Waals surface area contributed by atoms with Crippen molar-refractivity contribution < 1.29 is 22.0 Å². The predicted molar refractivity (Wildman–Crippen MR) is 62.5 cm³/mol. The Morgan fingerprint density at radius 2 is 1.45 bits per heavy atom. The van der Waals surface area contributed by atoms with Crippen LogP contribution in [0.5, 0.6) is 0 Å². The topological polar surface area (TPSA) is 37.8 Å². The number of aromatic nitrogens is 2. The van der Waals surface area contributed by atoms with E-state index in [1.807, 2.05) is 6.92 Å². The van der Waals surface area contributed by atoms with Gasteiger partial charge in [0, 0.05) is 6.54 Å². The van der Waals surface area contributed by atoms with Gasteiger partial charge >= 0.3 is 0 Å². The van der Waals surface area contributed by atoms with Gasteiger partial charge in [-0.3, -0.25) is 0 Å². The first-order valence-corrected chi connectivity index (χ1v) is 6.33. The summed E-state index contributed by atoms with van der Waals surface area (Å²) < 4.78 is 66.2. The third-order valence-electron chi connectivity index (χ3n) is 2.42. The average molecular weight is 309 g/mol. The lowest BCUT2D eigenvalue weighted by molar-refractivity contribution is 0.381. The SMILES string of the molecule is CCNCc1nnc(-c2c(F)c(F)c(F)c(F)c2F)s1. The van der Waals surface area contributed by atoms with Crippen LogP contribution >= 0.6 is 11.3 Å². The summed E-state index contributed by atoms with van der Waals surface area (Å²) in [6, 6.07) is 0. The normalized spacial score (nSPS) is 11.1. The van der Waals surface area contributed by atoms with Gasteiger partial charge in [0.05, 0.1) is 5.56 Å². The monoisotopic (exact) mass is 309 g/mol. The Morgan fingerprint density at radius 3 is 2.00 bits per heavy atom. The lowest BCUT2D eigenvalue weighted by Crippen LogP contribution is -2.11. The molecule has 0 aliphatic rings. The lowest BCUT2D eigenvalue weighted by Gasteiger charge is -2.04. The molecule has 2 rings (SSSR count). The molecule has 20 heavy (non-hydrogen) atoms. The van der Waals surface area contributed by atoms with Crippen LogP contribution in [0.25, 0.3) is 10.6 Å². The minimum Gasteiger partial charge on any atom is -0.311 e. The Hall–Kier alpha value is -1.61. The summed E-state index contributed by atoms with van der Waals surface area (Å²) in [7, 11) is 0. The van der Waals surface area contributed by atoms with E-state index < -0.39 is 34.6 Å². The fraction of sp³-hybridized carbons (Fsp3) is 0.273. The third-order valence-corrected chi connectivity index (χ3v) is 3.36. The van der Waals surface area contributed by atoms with Crippen LogP contribution in [0.4, 0.5) is 22.0 Å². The molecule has 0 saturated carbocycles. The molecule has 0 atom stereocenters. The van der Waals surface area contributed by atoms with Crippen LogP contribution in [-0.4, -0.2) is 16.7 Å². The molecular weight excluding hydrogens is 301 g/mol. The summed E-state index contributed by atoms with van der Waals surface area (Å²) in [4.78, 5) is 0. The van der Waals surface area contributed by atoms with Gasteiger partial charge in [-0.15, -0.1) is 10.2 Å². The zero-order valence-corrected chi connectivity index (χ0v) is 10.9. The Bertz CT molecular complexity index is 614. The molecule has 108 valence electrons. The van der Waals surface area contributed by atoms with Gasteiger partial charge in [-0.1, -0.05) is 18.3 Å². The summed E-state index contributed by atoms with van der Waals surface area (Å²) in [5, 5.41) is 10.0. The zero-order chi connectivity index (χ0) is 14.9. The molecule has 9 heteroatoms. The second-order valence-corrected chi connectivity index (χ2v) is 4.79. The first kappa shape index (κ1) is 14.8. The maximum absolute atomic E-state index is 13.6. The van der Waals surface area contributed by atoms with Crippen molar-refractivity contribution in [1.29, 1.82) is 0 Å². The minimum absolute atomic E-state index is 0.295. The van der Waals surface area contributed by atoms with Gasteiger partial charge in [0.1, 0.15) is 5.01 Å². The maximum Gasteiger partial charge on any atom is 0.200 e. The van der Waals surface area contributed by atoms with E-state index in [1.165, 1.54) is 0 Å². The van der Waals surface area contributed by atoms with Crippen LogP contribution in [0.15, 0.2) is 0 Å². The molecule has 0 bridgehead atoms. The van der Waals surface area contributed by atoms with Gasteiger partial charge in [-0.25, -0.2) is 22.0 Å². The molecule has 0 radical (unpaired) electrons. The van der Waals surface area contributed by atoms with Crippen molar-refractivity contribution in [3.8, 4) is 10.6 Å². The predicted octanol–water partition coefficient (Wildman–Crippen LogP) is 3.01. The first-order chi connectivity index (χ1) is 9.47. The first-order valence-electron chi connectivity index (χ1n) is 5.52. The van der Waals surface area contributed by atoms with E-state index in [1.54, 1.807) is 0 Å². The molecule has 1 heterocycles. The number of benzene rings is 1. The second kappa shape index (κ2) is 5.80. The Labute approximate surface area is 114 Å². The molecule has 2 aromatic rings. The molecule has 0 amide bonds. The zero-order valence-electron chi connectivity index (χ0n) is 10.1. The van der Waals surface area contributed by atoms with Crippen molar-refractivity contribution in [2.75, 3.05) is 6.54 Å². The number of hydrogen-bond acceptors (Lipinski definition) is 4. The van der Waals surface area contributed by atoms with Crippen LogP contribution in [0, 0.1) is 29.1 Å². The van der Waals surface area contributed by atoms with Gasteiger partial charge in [0.25, 0.3) is 0 Å². The van der Waals surface area contributed by atoms with E-state index in [9.17, 15) is 22.0 Å². The summed E-state index contributed by atoms with van der Waals surface area (Å²) >= 11 is 0.757. The Morgan fingerprint density at radius 1 is 0.900 bits per heavy atom. The molecule has 1 N–H and O–H groups in total. The van der Waals surface area contributed by atoms with Crippen molar-refractivity contribution >= 4 is 11.3 Å². The molecular formula is C11H8F5N3S. The molecule has 0 unspecified atom stereocenters. The van der Waals surface area contributed by atoms with Gasteiger partial charge in [-0.05, 0) is 6.54 Å². The number of halogens is 5. The summed E-state index contributed by atoms with van der Waals surface area (Å²) in [6.45, 7) is 2.77. The highest BCUT2D eigenvalue weighted by Crippen LogP contribution is 2.33. The summed E-state index contributed by atoms with van der Waals surface area (Å²) in [5.41, 5.74) is -1.05. The lowest BCUT2D eigenvalue weighted by atomic mass is 10.2. The highest BCUT2D eigenvalue weighted by atomic mass is 32.1. The smallest absolute Gasteiger partial charge is 0.200 e. The number of nitrogens with zero attached hydrogens (tertiary/aromatic N) is 2. The van der Waals surface area contributed by atoms with Gasteiger partial charge in [0.2, 0.25) is 5.82 Å². The Balaban J connectivity index is 2.50. The molecule has 1 aromatic carbocycles. The van der Waals surface area contributed by atoms with Crippen LogP contribution in [-0.2, 0) is 6.54 Å². The Kier molecular flexibility index (Phi) is 4.29. The maximum atomic E-state index is 13.6. The third kappa shape index (κ3) is 2.50. The highest BCUT2D eigenvalue weighted by molar-refractivity contribution is 7.14. The summed E-state index contributed by atoms with van der Waals surface area (Å²) in [6.07, 6.45) is 0. The largest absolute Gasteiger partial charge is 0.311 e. The van der Waals surface area contributed by atoms with Crippen LogP contribution in [0.2, 0.25) is 0 Å². The van der Waals surface area contributed by atoms with Crippen molar-refractivity contribution in [1.82, 2.24) is 15.5 Å². The molecule has 0 fully saturated rings. The van der Waals surface area contributed by atoms with E-state index >= 15 is 0 Å². The molecule has 1 aromatic heterocycles. The molecule has 0 saturated heterocycles. The number of nitrogens with one attached hydrogen (secondary N) is 1. The van der Waals surface area contributed by atoms with Crippen molar-refractivity contribution in [3.05, 3.63) is 34.1 Å². The fourth-order valence-electron chi connectivity index (χ4n) is 1.45. The van der Waals surface area contributed by atoms with E-state index in [-0.39, 0.29) is 5.01 Å². The molecule has 0 aliphatic carbocycles. The standard InChI is InChI=1S/C11H8F5N3S/c1-2-17-3-4-18-19-11(20-4)5-6(12)8(14)10(16)9(15)7(5)13/h17H,2-3H2,1H3. The quantitative estimate of drug-likeness (QED) is 0.536. The van der Waals surface area contributed by atoms with Crippen LogP contribution in [0.3, 0.4) is 0 Å². The van der Waals surface area contributed by atoms with E-state index in [0.717, 1.165) is 11.3 Å². The highest BCUT2D eigenvalue weighted by Gasteiger charge is 2.28.